The first-order valence-corrected chi connectivity index (χ1v) is 11.6. The van der Waals surface area contributed by atoms with Gasteiger partial charge in [-0.3, -0.25) is 4.79 Å². The Labute approximate surface area is 179 Å². The van der Waals surface area contributed by atoms with Crippen molar-refractivity contribution in [1.82, 2.24) is 14.6 Å². The summed E-state index contributed by atoms with van der Waals surface area (Å²) < 4.78 is 1.52. The third kappa shape index (κ3) is 3.26. The highest BCUT2D eigenvalue weighted by molar-refractivity contribution is 7.18. The summed E-state index contributed by atoms with van der Waals surface area (Å²) in [7, 11) is 4.31. The van der Waals surface area contributed by atoms with Gasteiger partial charge in [0.25, 0.3) is 5.56 Å². The number of quaternary nitrogens is 1. The molecule has 1 aliphatic rings. The molecule has 1 aliphatic carbocycles. The largest absolute Gasteiger partial charge is 0.368 e. The molecule has 0 saturated carbocycles. The number of fused-ring (bicyclic) bond motifs is 6. The highest BCUT2D eigenvalue weighted by Gasteiger charge is 2.24. The van der Waals surface area contributed by atoms with Gasteiger partial charge in [0.15, 0.2) is 11.5 Å². The number of benzene rings is 1. The highest BCUT2D eigenvalue weighted by Crippen LogP contribution is 2.36. The molecule has 0 radical (unpaired) electrons. The van der Waals surface area contributed by atoms with Crippen LogP contribution in [-0.2, 0) is 12.8 Å². The van der Waals surface area contributed by atoms with Crippen LogP contribution in [0.3, 0.4) is 0 Å². The fourth-order valence-corrected chi connectivity index (χ4v) is 5.84. The third-order valence-electron chi connectivity index (χ3n) is 6.08. The Balaban J connectivity index is 1.69. The maximum Gasteiger partial charge on any atom is 0.283 e. The van der Waals surface area contributed by atoms with Crippen molar-refractivity contribution in [3.8, 4) is 0 Å². The minimum Gasteiger partial charge on any atom is -0.368 e. The first-order valence-electron chi connectivity index (χ1n) is 10.8. The first-order chi connectivity index (χ1) is 14.5. The van der Waals surface area contributed by atoms with Crippen molar-refractivity contribution in [3.05, 3.63) is 45.1 Å². The third-order valence-corrected chi connectivity index (χ3v) is 7.22. The van der Waals surface area contributed by atoms with Crippen LogP contribution in [0.2, 0.25) is 0 Å². The maximum atomic E-state index is 13.6. The van der Waals surface area contributed by atoms with E-state index in [4.69, 9.17) is 10.1 Å². The summed E-state index contributed by atoms with van der Waals surface area (Å²) in [5, 5.41) is 11.0. The molecule has 6 nitrogen and oxygen atoms in total. The van der Waals surface area contributed by atoms with E-state index in [1.54, 1.807) is 11.3 Å². The lowest BCUT2D eigenvalue weighted by molar-refractivity contribution is -0.858. The predicted molar refractivity (Wildman–Crippen MR) is 124 cm³/mol. The lowest BCUT2D eigenvalue weighted by Gasteiger charge is -2.17. The standard InChI is InChI=1S/C23H27N5OS/c1-14-9-10-17-18(13-14)30-22-19(17)23(29)28-21(25-22)16-8-5-4-7-15(16)20(26-28)24-11-6-12-27(2)3/h4-5,7-8,14H,6,9-13H2,1-3H3,(H,24,26)/p+1/t14-/m0/s1. The number of rotatable bonds is 5. The van der Waals surface area contributed by atoms with Crippen LogP contribution in [0.15, 0.2) is 29.1 Å². The maximum absolute atomic E-state index is 13.6. The fourth-order valence-electron chi connectivity index (χ4n) is 4.47. The van der Waals surface area contributed by atoms with Crippen molar-refractivity contribution in [2.24, 2.45) is 5.92 Å². The van der Waals surface area contributed by atoms with Crippen LogP contribution in [0, 0.1) is 5.92 Å². The van der Waals surface area contributed by atoms with Gasteiger partial charge < -0.3 is 10.2 Å². The molecule has 2 N–H and O–H groups in total. The molecule has 3 aromatic heterocycles. The minimum atomic E-state index is -0.0337. The van der Waals surface area contributed by atoms with Crippen molar-refractivity contribution >= 4 is 43.8 Å². The van der Waals surface area contributed by atoms with Crippen molar-refractivity contribution in [2.45, 2.75) is 32.6 Å². The van der Waals surface area contributed by atoms with Crippen LogP contribution < -0.4 is 15.8 Å². The number of hydrogen-bond acceptors (Lipinski definition) is 5. The lowest BCUT2D eigenvalue weighted by Crippen LogP contribution is -3.05. The van der Waals surface area contributed by atoms with Crippen molar-refractivity contribution in [2.75, 3.05) is 32.5 Å². The normalized spacial score (nSPS) is 16.6. The molecule has 3 heterocycles. The first kappa shape index (κ1) is 19.5. The minimum absolute atomic E-state index is 0.0337. The van der Waals surface area contributed by atoms with Crippen LogP contribution in [0.5, 0.6) is 0 Å². The van der Waals surface area contributed by atoms with E-state index in [1.165, 1.54) is 19.9 Å². The predicted octanol–water partition coefficient (Wildman–Crippen LogP) is 2.53. The summed E-state index contributed by atoms with van der Waals surface area (Å²) in [6.45, 7) is 4.19. The van der Waals surface area contributed by atoms with E-state index >= 15 is 0 Å². The van der Waals surface area contributed by atoms with E-state index in [-0.39, 0.29) is 5.56 Å². The number of nitrogens with zero attached hydrogens (tertiary/aromatic N) is 3. The van der Waals surface area contributed by atoms with Crippen molar-refractivity contribution in [3.63, 3.8) is 0 Å². The molecular formula is C23H28N5OS+. The summed E-state index contributed by atoms with van der Waals surface area (Å²) in [5.74, 6) is 1.43. The van der Waals surface area contributed by atoms with Crippen molar-refractivity contribution in [1.29, 1.82) is 0 Å². The summed E-state index contributed by atoms with van der Waals surface area (Å²) in [6, 6.07) is 8.10. The van der Waals surface area contributed by atoms with Gasteiger partial charge in [-0.05, 0) is 30.7 Å². The molecule has 0 amide bonds. The van der Waals surface area contributed by atoms with Crippen LogP contribution in [0.4, 0.5) is 5.82 Å². The van der Waals surface area contributed by atoms with Gasteiger partial charge in [-0.25, -0.2) is 4.98 Å². The van der Waals surface area contributed by atoms with E-state index in [0.29, 0.717) is 11.6 Å². The monoisotopic (exact) mass is 422 g/mol. The topological polar surface area (TPSA) is 63.7 Å². The second-order valence-electron chi connectivity index (χ2n) is 8.82. The molecule has 7 heteroatoms. The Hall–Kier alpha value is -2.51. The lowest BCUT2D eigenvalue weighted by atomic mass is 9.89. The molecule has 0 saturated heterocycles. The van der Waals surface area contributed by atoms with Gasteiger partial charge in [0.05, 0.1) is 26.0 Å². The van der Waals surface area contributed by atoms with Gasteiger partial charge in [0, 0.05) is 28.6 Å². The SMILES string of the molecule is C[C@H]1CCc2c(sc3nc4c5ccccc5c(NCCC[NH+](C)C)nn4c(=O)c23)C1. The van der Waals surface area contributed by atoms with E-state index in [1.807, 2.05) is 18.2 Å². The van der Waals surface area contributed by atoms with Crippen LogP contribution in [0.1, 0.15) is 30.2 Å². The summed E-state index contributed by atoms with van der Waals surface area (Å²) in [6.07, 6.45) is 4.18. The molecule has 1 aromatic carbocycles. The van der Waals surface area contributed by atoms with Gasteiger partial charge in [-0.15, -0.1) is 16.4 Å². The van der Waals surface area contributed by atoms with Crippen molar-refractivity contribution < 1.29 is 4.90 Å². The molecule has 0 spiro atoms. The van der Waals surface area contributed by atoms with Gasteiger partial charge >= 0.3 is 0 Å². The number of anilines is 1. The second-order valence-corrected chi connectivity index (χ2v) is 9.90. The zero-order valence-electron chi connectivity index (χ0n) is 17.8. The van der Waals surface area contributed by atoms with Gasteiger partial charge in [0.1, 0.15) is 4.83 Å². The van der Waals surface area contributed by atoms with Gasteiger partial charge in [0.2, 0.25) is 0 Å². The molecule has 0 bridgehead atoms. The number of nitrogens with one attached hydrogen (secondary N) is 2. The molecule has 0 aliphatic heterocycles. The Bertz CT molecular complexity index is 1310. The number of thiophene rings is 1. The highest BCUT2D eigenvalue weighted by atomic mass is 32.1. The van der Waals surface area contributed by atoms with Crippen LogP contribution in [0.25, 0.3) is 26.6 Å². The van der Waals surface area contributed by atoms with E-state index in [9.17, 15) is 4.79 Å². The van der Waals surface area contributed by atoms with Crippen LogP contribution >= 0.6 is 11.3 Å². The van der Waals surface area contributed by atoms with E-state index in [0.717, 1.165) is 65.6 Å². The summed E-state index contributed by atoms with van der Waals surface area (Å²) in [5.41, 5.74) is 1.82. The second kappa shape index (κ2) is 7.63. The zero-order valence-corrected chi connectivity index (χ0v) is 18.6. The van der Waals surface area contributed by atoms with E-state index in [2.05, 4.69) is 32.4 Å². The summed E-state index contributed by atoms with van der Waals surface area (Å²) in [4.78, 5) is 22.1. The number of aryl methyl sites for hydroxylation is 1. The Morgan fingerprint density at radius 1 is 1.27 bits per heavy atom. The Morgan fingerprint density at radius 3 is 2.87 bits per heavy atom. The van der Waals surface area contributed by atoms with Crippen LogP contribution in [-0.4, -0.2) is 41.8 Å². The zero-order chi connectivity index (χ0) is 20.8. The molecule has 5 rings (SSSR count). The average molecular weight is 423 g/mol. The Kier molecular flexibility index (Phi) is 4.95. The molecular weight excluding hydrogens is 394 g/mol. The van der Waals surface area contributed by atoms with Gasteiger partial charge in [-0.1, -0.05) is 31.2 Å². The molecule has 156 valence electrons. The molecule has 1 atom stereocenters. The average Bonchev–Trinajstić information content (AvgIpc) is 3.09. The van der Waals surface area contributed by atoms with Gasteiger partial charge in [-0.2, -0.15) is 4.52 Å². The molecule has 0 unspecified atom stereocenters. The molecule has 4 aromatic rings. The Morgan fingerprint density at radius 2 is 2.07 bits per heavy atom. The smallest absolute Gasteiger partial charge is 0.283 e. The molecule has 30 heavy (non-hydrogen) atoms. The number of aromatic nitrogens is 3. The van der Waals surface area contributed by atoms with E-state index < -0.39 is 0 Å². The molecule has 0 fully saturated rings. The quantitative estimate of drug-likeness (QED) is 0.383. The number of hydrogen-bond donors (Lipinski definition) is 2. The fraction of sp³-hybridized carbons (Fsp3) is 0.435. The summed E-state index contributed by atoms with van der Waals surface area (Å²) >= 11 is 1.69.